The van der Waals surface area contributed by atoms with Crippen molar-refractivity contribution in [2.45, 2.75) is 75.4 Å². The predicted octanol–water partition coefficient (Wildman–Crippen LogP) is 10.0. The number of ether oxygens (including phenoxy) is 1. The fraction of sp³-hybridized carbons (Fsp3) is 0.289. The maximum absolute atomic E-state index is 11.6. The van der Waals surface area contributed by atoms with E-state index in [1.165, 1.54) is 17.3 Å². The molecule has 0 aliphatic heterocycles. The molecule has 0 saturated heterocycles. The Kier molecular flexibility index (Phi) is 10.9. The van der Waals surface area contributed by atoms with E-state index in [1.54, 1.807) is 0 Å². The van der Waals surface area contributed by atoms with E-state index in [0.29, 0.717) is 24.6 Å². The number of anilines is 1. The molecule has 1 unspecified atom stereocenters. The molecule has 0 amide bonds. The highest BCUT2D eigenvalue weighted by Gasteiger charge is 2.20. The summed E-state index contributed by atoms with van der Waals surface area (Å²) in [6.07, 6.45) is 1.43. The second-order valence-electron chi connectivity index (χ2n) is 12.4. The van der Waals surface area contributed by atoms with Gasteiger partial charge in [0.2, 0.25) is 5.16 Å². The smallest absolute Gasteiger partial charge is 0.310 e. The van der Waals surface area contributed by atoms with Crippen molar-refractivity contribution < 1.29 is 14.6 Å². The van der Waals surface area contributed by atoms with E-state index in [2.05, 4.69) is 90.2 Å². The standard InChI is InChI=1S/C38H41ClN4O3S/c1-6-22-46-34-23-32(21-12-27(34)24-40-30-17-10-25(11-18-30)33(7-2)36(44)45)47-37-42-41-35(43(37)31-19-15-29(39)16-20-31)26-8-13-28(14-9-26)38(3,4)5/h8-21,23,33,40H,6-7,22,24H2,1-5H3,(H,44,45). The summed E-state index contributed by atoms with van der Waals surface area (Å²) in [4.78, 5) is 12.5. The van der Waals surface area contributed by atoms with Gasteiger partial charge in [-0.15, -0.1) is 10.2 Å². The summed E-state index contributed by atoms with van der Waals surface area (Å²) in [7, 11) is 0. The zero-order valence-corrected chi connectivity index (χ0v) is 29.0. The molecule has 4 aromatic carbocycles. The summed E-state index contributed by atoms with van der Waals surface area (Å²) in [5.74, 6) is 0.242. The summed E-state index contributed by atoms with van der Waals surface area (Å²) in [5.41, 5.74) is 5.92. The Morgan fingerprint density at radius 1 is 0.957 bits per heavy atom. The third-order valence-corrected chi connectivity index (χ3v) is 9.13. The van der Waals surface area contributed by atoms with Gasteiger partial charge in [-0.2, -0.15) is 0 Å². The third kappa shape index (κ3) is 8.37. The highest BCUT2D eigenvalue weighted by Crippen LogP contribution is 2.36. The van der Waals surface area contributed by atoms with Gasteiger partial charge >= 0.3 is 5.97 Å². The van der Waals surface area contributed by atoms with Gasteiger partial charge in [-0.1, -0.05) is 88.7 Å². The van der Waals surface area contributed by atoms with Gasteiger partial charge in [0.25, 0.3) is 0 Å². The lowest BCUT2D eigenvalue weighted by atomic mass is 9.87. The fourth-order valence-electron chi connectivity index (χ4n) is 5.24. The van der Waals surface area contributed by atoms with Crippen LogP contribution in [0.3, 0.4) is 0 Å². The average molecular weight is 669 g/mol. The Labute approximate surface area is 286 Å². The van der Waals surface area contributed by atoms with Gasteiger partial charge in [0.05, 0.1) is 12.5 Å². The van der Waals surface area contributed by atoms with Gasteiger partial charge in [-0.05, 0) is 89.7 Å². The summed E-state index contributed by atoms with van der Waals surface area (Å²) >= 11 is 7.77. The quantitative estimate of drug-likeness (QED) is 0.129. The first kappa shape index (κ1) is 34.1. The Hall–Kier alpha value is -4.27. The van der Waals surface area contributed by atoms with Crippen LogP contribution in [0.2, 0.25) is 5.02 Å². The minimum absolute atomic E-state index is 0.0491. The Balaban J connectivity index is 1.41. The van der Waals surface area contributed by atoms with E-state index in [0.717, 1.165) is 56.1 Å². The number of carbonyl (C=O) groups is 1. The number of hydrogen-bond donors (Lipinski definition) is 2. The molecule has 9 heteroatoms. The summed E-state index contributed by atoms with van der Waals surface area (Å²) in [6, 6.07) is 30.0. The van der Waals surface area contributed by atoms with Crippen molar-refractivity contribution >= 4 is 35.0 Å². The molecule has 1 aromatic heterocycles. The van der Waals surface area contributed by atoms with Crippen molar-refractivity contribution in [1.29, 1.82) is 0 Å². The van der Waals surface area contributed by atoms with Crippen LogP contribution in [-0.4, -0.2) is 32.4 Å². The van der Waals surface area contributed by atoms with Gasteiger partial charge in [0, 0.05) is 39.0 Å². The number of nitrogens with one attached hydrogen (secondary N) is 1. The van der Waals surface area contributed by atoms with Crippen molar-refractivity contribution in [2.75, 3.05) is 11.9 Å². The Morgan fingerprint density at radius 3 is 2.28 bits per heavy atom. The maximum Gasteiger partial charge on any atom is 0.310 e. The van der Waals surface area contributed by atoms with Crippen LogP contribution in [-0.2, 0) is 16.8 Å². The average Bonchev–Trinajstić information content (AvgIpc) is 3.47. The van der Waals surface area contributed by atoms with Crippen LogP contribution in [0.25, 0.3) is 17.1 Å². The van der Waals surface area contributed by atoms with Crippen LogP contribution < -0.4 is 10.1 Å². The fourth-order valence-corrected chi connectivity index (χ4v) is 6.25. The Morgan fingerprint density at radius 2 is 1.66 bits per heavy atom. The van der Waals surface area contributed by atoms with E-state index in [9.17, 15) is 9.90 Å². The molecule has 5 rings (SSSR count). The van der Waals surface area contributed by atoms with E-state index >= 15 is 0 Å². The second kappa shape index (κ2) is 15.1. The summed E-state index contributed by atoms with van der Waals surface area (Å²) in [6.45, 7) is 11.7. The molecule has 0 bridgehead atoms. The minimum Gasteiger partial charge on any atom is -0.493 e. The molecule has 7 nitrogen and oxygen atoms in total. The molecular weight excluding hydrogens is 628 g/mol. The van der Waals surface area contributed by atoms with Crippen LogP contribution in [0.5, 0.6) is 5.75 Å². The van der Waals surface area contributed by atoms with Crippen LogP contribution in [0.15, 0.2) is 101 Å². The number of hydrogen-bond acceptors (Lipinski definition) is 6. The first-order valence-corrected chi connectivity index (χ1v) is 17.1. The van der Waals surface area contributed by atoms with E-state index in [-0.39, 0.29) is 5.41 Å². The second-order valence-corrected chi connectivity index (χ2v) is 13.9. The van der Waals surface area contributed by atoms with E-state index in [1.807, 2.05) is 55.5 Å². The predicted molar refractivity (Wildman–Crippen MR) is 191 cm³/mol. The zero-order chi connectivity index (χ0) is 33.6. The highest BCUT2D eigenvalue weighted by molar-refractivity contribution is 7.99. The molecule has 244 valence electrons. The molecule has 0 radical (unpaired) electrons. The number of carboxylic acid groups (broad SMARTS) is 1. The number of halogens is 1. The number of nitrogens with zero attached hydrogens (tertiary/aromatic N) is 3. The third-order valence-electron chi connectivity index (χ3n) is 7.94. The molecule has 2 N–H and O–H groups in total. The lowest BCUT2D eigenvalue weighted by Gasteiger charge is -2.19. The first-order valence-electron chi connectivity index (χ1n) is 15.9. The normalized spacial score (nSPS) is 12.1. The van der Waals surface area contributed by atoms with Gasteiger partial charge in [-0.3, -0.25) is 9.36 Å². The molecule has 1 heterocycles. The molecule has 0 spiro atoms. The number of benzene rings is 4. The van der Waals surface area contributed by atoms with Gasteiger partial charge in [-0.25, -0.2) is 0 Å². The monoisotopic (exact) mass is 668 g/mol. The van der Waals surface area contributed by atoms with E-state index in [4.69, 9.17) is 16.3 Å². The SMILES string of the molecule is CCCOc1cc(Sc2nnc(-c3ccc(C(C)(C)C)cc3)n2-c2ccc(Cl)cc2)ccc1CNc1ccc(C(CC)C(=O)O)cc1. The molecule has 5 aromatic rings. The van der Waals surface area contributed by atoms with Crippen molar-refractivity contribution in [3.8, 4) is 22.8 Å². The summed E-state index contributed by atoms with van der Waals surface area (Å²) in [5, 5.41) is 23.6. The molecule has 0 aliphatic carbocycles. The minimum atomic E-state index is -0.804. The van der Waals surface area contributed by atoms with E-state index < -0.39 is 11.9 Å². The lowest BCUT2D eigenvalue weighted by Crippen LogP contribution is -2.10. The molecule has 47 heavy (non-hydrogen) atoms. The molecule has 1 atom stereocenters. The maximum atomic E-state index is 11.6. The lowest BCUT2D eigenvalue weighted by molar-refractivity contribution is -0.138. The largest absolute Gasteiger partial charge is 0.493 e. The number of aliphatic carboxylic acids is 1. The highest BCUT2D eigenvalue weighted by atomic mass is 35.5. The van der Waals surface area contributed by atoms with Crippen molar-refractivity contribution in [1.82, 2.24) is 14.8 Å². The molecule has 0 aliphatic rings. The van der Waals surface area contributed by atoms with Crippen LogP contribution in [0, 0.1) is 0 Å². The van der Waals surface area contributed by atoms with Crippen LogP contribution in [0.4, 0.5) is 5.69 Å². The number of carboxylic acids is 1. The number of aromatic nitrogens is 3. The van der Waals surface area contributed by atoms with Crippen LogP contribution in [0.1, 0.15) is 70.1 Å². The molecular formula is C38H41ClN4O3S. The van der Waals surface area contributed by atoms with Crippen molar-refractivity contribution in [2.24, 2.45) is 0 Å². The first-order chi connectivity index (χ1) is 22.6. The van der Waals surface area contributed by atoms with Crippen LogP contribution >= 0.6 is 23.4 Å². The Bertz CT molecular complexity index is 1800. The molecule has 0 fully saturated rings. The zero-order valence-electron chi connectivity index (χ0n) is 27.5. The summed E-state index contributed by atoms with van der Waals surface area (Å²) < 4.78 is 8.27. The van der Waals surface area contributed by atoms with Gasteiger partial charge < -0.3 is 15.2 Å². The van der Waals surface area contributed by atoms with Crippen molar-refractivity contribution in [3.63, 3.8) is 0 Å². The van der Waals surface area contributed by atoms with Gasteiger partial charge in [0.1, 0.15) is 5.75 Å². The van der Waals surface area contributed by atoms with Gasteiger partial charge in [0.15, 0.2) is 5.82 Å². The molecule has 0 saturated carbocycles. The topological polar surface area (TPSA) is 89.3 Å². The van der Waals surface area contributed by atoms with Crippen molar-refractivity contribution in [3.05, 3.63) is 113 Å². The number of rotatable bonds is 13.